The highest BCUT2D eigenvalue weighted by atomic mass is 32.2. The van der Waals surface area contributed by atoms with E-state index in [2.05, 4.69) is 35.8 Å². The van der Waals surface area contributed by atoms with Crippen molar-refractivity contribution >= 4 is 34.1 Å². The minimum Gasteiger partial charge on any atom is -0.480 e. The SMILES string of the molecule is O=CNC(C1=NO[C@]2(CNC(CNc3ncc[nH]3)C2)C1)C(NS(=O)(=O)c1ccccc1-c1ccccc1)C(=O)O. The molecular formula is C26H29N7O6S. The third kappa shape index (κ3) is 5.83. The maximum atomic E-state index is 13.5. The maximum absolute atomic E-state index is 13.5. The second kappa shape index (κ2) is 11.5. The average Bonchev–Trinajstić information content (AvgIpc) is 3.72. The fraction of sp³-hybridized carbons (Fsp3) is 0.308. The van der Waals surface area contributed by atoms with Crippen LogP contribution in [-0.2, 0) is 24.4 Å². The van der Waals surface area contributed by atoms with Gasteiger partial charge < -0.3 is 30.9 Å². The Morgan fingerprint density at radius 2 is 1.98 bits per heavy atom. The molecule has 40 heavy (non-hydrogen) atoms. The number of aromatic amines is 1. The van der Waals surface area contributed by atoms with Crippen LogP contribution in [0.5, 0.6) is 0 Å². The Hall–Kier alpha value is -4.27. The molecule has 4 atom stereocenters. The van der Waals surface area contributed by atoms with Crippen molar-refractivity contribution in [1.29, 1.82) is 0 Å². The lowest BCUT2D eigenvalue weighted by Crippen LogP contribution is -2.57. The number of nitrogens with zero attached hydrogens (tertiary/aromatic N) is 2. The summed E-state index contributed by atoms with van der Waals surface area (Å²) in [5, 5.41) is 23.2. The standard InChI is InChI=1S/C26H29N7O6S/c34-16-31-22(20-13-26(39-32-20)12-18(30-15-26)14-29-25-27-10-11-28-25)23(24(35)36)33-40(37,38)21-9-5-4-8-19(21)17-6-2-1-3-7-17/h1-11,16,18,22-23,30,33H,12-15H2,(H,31,34)(H,35,36)(H2,27,28,29)/t18?,22?,23?,26-/m0/s1. The Labute approximate surface area is 230 Å². The molecule has 5 rings (SSSR count). The van der Waals surface area contributed by atoms with E-state index in [0.29, 0.717) is 43.0 Å². The van der Waals surface area contributed by atoms with Gasteiger partial charge in [0.2, 0.25) is 16.4 Å². The van der Waals surface area contributed by atoms with Gasteiger partial charge in [-0.3, -0.25) is 9.59 Å². The molecule has 2 aromatic carbocycles. The van der Waals surface area contributed by atoms with Crippen LogP contribution in [-0.4, -0.2) is 78.4 Å². The van der Waals surface area contributed by atoms with Crippen molar-refractivity contribution in [3.63, 3.8) is 0 Å². The number of anilines is 1. The molecule has 2 aliphatic rings. The largest absolute Gasteiger partial charge is 0.480 e. The molecule has 1 amide bonds. The number of imidazole rings is 1. The first-order valence-electron chi connectivity index (χ1n) is 12.6. The molecular weight excluding hydrogens is 538 g/mol. The van der Waals surface area contributed by atoms with Crippen LogP contribution in [0.4, 0.5) is 5.95 Å². The van der Waals surface area contributed by atoms with Gasteiger partial charge in [0.05, 0.1) is 16.6 Å². The lowest BCUT2D eigenvalue weighted by atomic mass is 9.90. The van der Waals surface area contributed by atoms with Gasteiger partial charge in [0.1, 0.15) is 6.04 Å². The van der Waals surface area contributed by atoms with Crippen LogP contribution in [0.1, 0.15) is 12.8 Å². The predicted octanol–water partition coefficient (Wildman–Crippen LogP) is 0.912. The quantitative estimate of drug-likeness (QED) is 0.173. The van der Waals surface area contributed by atoms with E-state index in [1.807, 2.05) is 6.07 Å². The highest BCUT2D eigenvalue weighted by molar-refractivity contribution is 7.89. The molecule has 2 aliphatic heterocycles. The van der Waals surface area contributed by atoms with Gasteiger partial charge in [0, 0.05) is 49.9 Å². The fourth-order valence-electron chi connectivity index (χ4n) is 5.08. The molecule has 6 N–H and O–H groups in total. The number of aromatic nitrogens is 2. The molecule has 3 heterocycles. The maximum Gasteiger partial charge on any atom is 0.324 e. The van der Waals surface area contributed by atoms with Crippen LogP contribution in [0, 0.1) is 0 Å². The van der Waals surface area contributed by atoms with Crippen molar-refractivity contribution in [2.75, 3.05) is 18.4 Å². The molecule has 1 saturated heterocycles. The van der Waals surface area contributed by atoms with Gasteiger partial charge in [0.25, 0.3) is 0 Å². The van der Waals surface area contributed by atoms with Crippen LogP contribution in [0.3, 0.4) is 0 Å². The number of rotatable bonds is 12. The number of amides is 1. The smallest absolute Gasteiger partial charge is 0.324 e. The lowest BCUT2D eigenvalue weighted by molar-refractivity contribution is -0.139. The molecule has 13 nitrogen and oxygen atoms in total. The van der Waals surface area contributed by atoms with E-state index >= 15 is 0 Å². The summed E-state index contributed by atoms with van der Waals surface area (Å²) in [5.41, 5.74) is 0.528. The number of sulfonamides is 1. The molecule has 0 aliphatic carbocycles. The summed E-state index contributed by atoms with van der Waals surface area (Å²) in [4.78, 5) is 36.7. The van der Waals surface area contributed by atoms with E-state index in [0.717, 1.165) is 0 Å². The third-order valence-electron chi connectivity index (χ3n) is 6.95. The zero-order valence-corrected chi connectivity index (χ0v) is 22.1. The molecule has 210 valence electrons. The Kier molecular flexibility index (Phi) is 7.82. The summed E-state index contributed by atoms with van der Waals surface area (Å²) >= 11 is 0. The van der Waals surface area contributed by atoms with Crippen molar-refractivity contribution in [3.05, 3.63) is 67.0 Å². The topological polar surface area (TPSA) is 187 Å². The number of carboxylic acid groups (broad SMARTS) is 1. The van der Waals surface area contributed by atoms with Gasteiger partial charge >= 0.3 is 5.97 Å². The number of carboxylic acids is 1. The Bertz CT molecular complexity index is 1480. The lowest BCUT2D eigenvalue weighted by Gasteiger charge is -2.25. The second-order valence-electron chi connectivity index (χ2n) is 9.70. The molecule has 1 spiro atoms. The number of hydrogen-bond acceptors (Lipinski definition) is 9. The molecule has 14 heteroatoms. The summed E-state index contributed by atoms with van der Waals surface area (Å²) < 4.78 is 29.4. The number of oxime groups is 1. The van der Waals surface area contributed by atoms with Crippen LogP contribution in [0.15, 0.2) is 77.0 Å². The van der Waals surface area contributed by atoms with Crippen LogP contribution in [0.25, 0.3) is 11.1 Å². The van der Waals surface area contributed by atoms with Gasteiger partial charge in [-0.2, -0.15) is 4.72 Å². The summed E-state index contributed by atoms with van der Waals surface area (Å²) in [5.74, 6) is -0.846. The Morgan fingerprint density at radius 3 is 2.70 bits per heavy atom. The van der Waals surface area contributed by atoms with Crippen molar-refractivity contribution in [2.45, 2.75) is 41.5 Å². The first-order valence-corrected chi connectivity index (χ1v) is 14.1. The summed E-state index contributed by atoms with van der Waals surface area (Å²) in [6, 6.07) is 12.2. The van der Waals surface area contributed by atoms with E-state index in [1.165, 1.54) is 6.07 Å². The van der Waals surface area contributed by atoms with Crippen molar-refractivity contribution < 1.29 is 28.0 Å². The van der Waals surface area contributed by atoms with Crippen molar-refractivity contribution in [3.8, 4) is 11.1 Å². The van der Waals surface area contributed by atoms with Crippen LogP contribution < -0.4 is 20.7 Å². The van der Waals surface area contributed by atoms with Gasteiger partial charge in [-0.15, -0.1) is 0 Å². The van der Waals surface area contributed by atoms with E-state index in [9.17, 15) is 23.1 Å². The molecule has 3 unspecified atom stereocenters. The zero-order chi connectivity index (χ0) is 28.2. The number of carbonyl (C=O) groups excluding carboxylic acids is 1. The van der Waals surface area contributed by atoms with E-state index in [-0.39, 0.29) is 23.1 Å². The van der Waals surface area contributed by atoms with Gasteiger partial charge in [-0.25, -0.2) is 13.4 Å². The molecule has 3 aromatic rings. The Balaban J connectivity index is 1.33. The molecule has 1 fully saturated rings. The number of benzene rings is 2. The predicted molar refractivity (Wildman–Crippen MR) is 146 cm³/mol. The highest BCUT2D eigenvalue weighted by Crippen LogP contribution is 2.34. The van der Waals surface area contributed by atoms with Crippen LogP contribution >= 0.6 is 0 Å². The molecule has 1 aromatic heterocycles. The molecule has 0 saturated carbocycles. The average molecular weight is 568 g/mol. The minimum atomic E-state index is -4.35. The fourth-order valence-corrected chi connectivity index (χ4v) is 6.51. The number of aliphatic carboxylic acids is 1. The number of nitrogens with one attached hydrogen (secondary N) is 5. The van der Waals surface area contributed by atoms with Crippen molar-refractivity contribution in [2.24, 2.45) is 5.16 Å². The first kappa shape index (κ1) is 27.3. The van der Waals surface area contributed by atoms with Gasteiger partial charge in [0.15, 0.2) is 11.5 Å². The minimum absolute atomic E-state index is 0.0143. The Morgan fingerprint density at radius 1 is 1.20 bits per heavy atom. The monoisotopic (exact) mass is 567 g/mol. The number of H-pyrrole nitrogens is 1. The highest BCUT2D eigenvalue weighted by Gasteiger charge is 2.49. The van der Waals surface area contributed by atoms with Crippen LogP contribution in [0.2, 0.25) is 0 Å². The van der Waals surface area contributed by atoms with Gasteiger partial charge in [-0.1, -0.05) is 53.7 Å². The van der Waals surface area contributed by atoms with Gasteiger partial charge in [-0.05, 0) is 11.6 Å². The number of carbonyl (C=O) groups is 2. The van der Waals surface area contributed by atoms with E-state index in [1.54, 1.807) is 54.9 Å². The summed E-state index contributed by atoms with van der Waals surface area (Å²) in [6.07, 6.45) is 4.42. The third-order valence-corrected chi connectivity index (χ3v) is 8.45. The molecule has 0 radical (unpaired) electrons. The first-order chi connectivity index (χ1) is 19.3. The van der Waals surface area contributed by atoms with E-state index < -0.39 is 33.7 Å². The number of hydrogen-bond donors (Lipinski definition) is 6. The second-order valence-corrected chi connectivity index (χ2v) is 11.4. The van der Waals surface area contributed by atoms with Crippen molar-refractivity contribution in [1.82, 2.24) is 25.3 Å². The molecule has 0 bridgehead atoms. The zero-order valence-electron chi connectivity index (χ0n) is 21.3. The van der Waals surface area contributed by atoms with E-state index in [4.69, 9.17) is 4.84 Å². The normalized spacial score (nSPS) is 21.8. The summed E-state index contributed by atoms with van der Waals surface area (Å²) in [7, 11) is -4.35. The summed E-state index contributed by atoms with van der Waals surface area (Å²) in [6.45, 7) is 0.995.